The minimum Gasteiger partial charge on any atom is -0.496 e. The van der Waals surface area contributed by atoms with Gasteiger partial charge < -0.3 is 4.74 Å². The molecule has 0 saturated carbocycles. The number of nitrogens with zero attached hydrogens (tertiary/aromatic N) is 1. The van der Waals surface area contributed by atoms with Gasteiger partial charge in [0, 0.05) is 22.4 Å². The predicted molar refractivity (Wildman–Crippen MR) is 78.6 cm³/mol. The van der Waals surface area contributed by atoms with E-state index in [0.717, 1.165) is 22.0 Å². The Bertz CT molecular complexity index is 559. The average Bonchev–Trinajstić information content (AvgIpc) is 2.81. The van der Waals surface area contributed by atoms with Crippen molar-refractivity contribution in [2.75, 3.05) is 7.11 Å². The average molecular weight is 298 g/mol. The maximum Gasteiger partial charge on any atom is 0.123 e. The maximum absolute atomic E-state index is 6.04. The van der Waals surface area contributed by atoms with E-state index in [1.165, 1.54) is 0 Å². The van der Waals surface area contributed by atoms with Crippen molar-refractivity contribution in [3.05, 3.63) is 44.9 Å². The Labute approximate surface area is 121 Å². The fourth-order valence-corrected chi connectivity index (χ4v) is 2.75. The first-order valence-corrected chi connectivity index (χ1v) is 7.10. The third-order valence-electron chi connectivity index (χ3n) is 2.85. The SMILES string of the molecule is COc1ccc(Cl)cc1C(Cc1csc(C)n1)NN. The Balaban J connectivity index is 2.28. The van der Waals surface area contributed by atoms with E-state index in [-0.39, 0.29) is 6.04 Å². The number of thiazole rings is 1. The van der Waals surface area contributed by atoms with Crippen LogP contribution in [0.1, 0.15) is 22.3 Å². The quantitative estimate of drug-likeness (QED) is 0.658. The molecule has 0 spiro atoms. The molecule has 0 aliphatic carbocycles. The van der Waals surface area contributed by atoms with Crippen LogP contribution in [0.25, 0.3) is 0 Å². The van der Waals surface area contributed by atoms with Gasteiger partial charge in [-0.2, -0.15) is 0 Å². The Morgan fingerprint density at radius 1 is 1.53 bits per heavy atom. The number of hydrogen-bond acceptors (Lipinski definition) is 5. The second kappa shape index (κ2) is 6.34. The summed E-state index contributed by atoms with van der Waals surface area (Å²) in [6.45, 7) is 1.99. The summed E-state index contributed by atoms with van der Waals surface area (Å²) in [4.78, 5) is 4.45. The first-order valence-electron chi connectivity index (χ1n) is 5.84. The Morgan fingerprint density at radius 2 is 2.32 bits per heavy atom. The van der Waals surface area contributed by atoms with Gasteiger partial charge in [-0.05, 0) is 25.1 Å². The van der Waals surface area contributed by atoms with Gasteiger partial charge in [0.2, 0.25) is 0 Å². The lowest BCUT2D eigenvalue weighted by Gasteiger charge is -2.18. The number of methoxy groups -OCH3 is 1. The Morgan fingerprint density at radius 3 is 2.89 bits per heavy atom. The molecule has 0 bridgehead atoms. The molecular formula is C13H16ClN3OS. The molecule has 1 aromatic carbocycles. The number of benzene rings is 1. The lowest BCUT2D eigenvalue weighted by atomic mass is 10.0. The van der Waals surface area contributed by atoms with Crippen LogP contribution >= 0.6 is 22.9 Å². The Kier molecular flexibility index (Phi) is 4.76. The summed E-state index contributed by atoms with van der Waals surface area (Å²) in [5.41, 5.74) is 4.74. The number of nitrogens with one attached hydrogen (secondary N) is 1. The first kappa shape index (κ1) is 14.3. The number of hydrazine groups is 1. The van der Waals surface area contributed by atoms with E-state index in [1.807, 2.05) is 24.4 Å². The topological polar surface area (TPSA) is 60.2 Å². The van der Waals surface area contributed by atoms with E-state index in [2.05, 4.69) is 10.4 Å². The number of ether oxygens (including phenoxy) is 1. The van der Waals surface area contributed by atoms with Crippen LogP contribution in [0, 0.1) is 6.92 Å². The standard InChI is InChI=1S/C13H16ClN3OS/c1-8-16-10(7-19-8)6-12(17-15)11-5-9(14)3-4-13(11)18-2/h3-5,7,12,17H,6,15H2,1-2H3. The van der Waals surface area contributed by atoms with Crippen molar-refractivity contribution < 1.29 is 4.74 Å². The van der Waals surface area contributed by atoms with Crippen LogP contribution in [-0.2, 0) is 6.42 Å². The summed E-state index contributed by atoms with van der Waals surface area (Å²) >= 11 is 7.67. The summed E-state index contributed by atoms with van der Waals surface area (Å²) in [5.74, 6) is 6.42. The van der Waals surface area contributed by atoms with Crippen LogP contribution in [-0.4, -0.2) is 12.1 Å². The van der Waals surface area contributed by atoms with Crippen molar-refractivity contribution in [3.63, 3.8) is 0 Å². The summed E-state index contributed by atoms with van der Waals surface area (Å²) in [6.07, 6.45) is 0.692. The number of nitrogens with two attached hydrogens (primary N) is 1. The number of aromatic nitrogens is 1. The lowest BCUT2D eigenvalue weighted by molar-refractivity contribution is 0.398. The molecule has 1 unspecified atom stereocenters. The highest BCUT2D eigenvalue weighted by Crippen LogP contribution is 2.30. The van der Waals surface area contributed by atoms with Gasteiger partial charge in [0.15, 0.2) is 0 Å². The van der Waals surface area contributed by atoms with Crippen LogP contribution < -0.4 is 16.0 Å². The summed E-state index contributed by atoms with van der Waals surface area (Å²) < 4.78 is 5.35. The third-order valence-corrected chi connectivity index (χ3v) is 3.91. The first-order chi connectivity index (χ1) is 9.13. The van der Waals surface area contributed by atoms with Gasteiger partial charge in [0.1, 0.15) is 5.75 Å². The highest BCUT2D eigenvalue weighted by Gasteiger charge is 2.17. The van der Waals surface area contributed by atoms with Gasteiger partial charge in [0.05, 0.1) is 23.9 Å². The van der Waals surface area contributed by atoms with E-state index < -0.39 is 0 Å². The molecule has 3 N–H and O–H groups in total. The van der Waals surface area contributed by atoms with Gasteiger partial charge in [-0.15, -0.1) is 11.3 Å². The summed E-state index contributed by atoms with van der Waals surface area (Å²) in [6, 6.07) is 5.42. The summed E-state index contributed by atoms with van der Waals surface area (Å²) in [5, 5.41) is 3.74. The van der Waals surface area contributed by atoms with E-state index >= 15 is 0 Å². The number of aryl methyl sites for hydroxylation is 1. The molecule has 4 nitrogen and oxygen atoms in total. The van der Waals surface area contributed by atoms with Crippen molar-refractivity contribution in [1.29, 1.82) is 0 Å². The Hall–Kier alpha value is -1.14. The minimum absolute atomic E-state index is 0.0878. The monoisotopic (exact) mass is 297 g/mol. The fraction of sp³-hybridized carbons (Fsp3) is 0.308. The molecule has 0 aliphatic rings. The maximum atomic E-state index is 6.04. The fourth-order valence-electron chi connectivity index (χ4n) is 1.95. The van der Waals surface area contributed by atoms with Gasteiger partial charge in [-0.1, -0.05) is 11.6 Å². The largest absolute Gasteiger partial charge is 0.496 e. The van der Waals surface area contributed by atoms with Crippen LogP contribution in [0.2, 0.25) is 5.02 Å². The van der Waals surface area contributed by atoms with Crippen LogP contribution in [0.3, 0.4) is 0 Å². The predicted octanol–water partition coefficient (Wildman–Crippen LogP) is 2.86. The zero-order valence-corrected chi connectivity index (χ0v) is 12.4. The molecule has 0 amide bonds. The van der Waals surface area contributed by atoms with E-state index in [9.17, 15) is 0 Å². The van der Waals surface area contributed by atoms with Crippen molar-refractivity contribution in [2.45, 2.75) is 19.4 Å². The second-order valence-electron chi connectivity index (χ2n) is 4.17. The van der Waals surface area contributed by atoms with Gasteiger partial charge in [-0.3, -0.25) is 11.3 Å². The number of halogens is 1. The molecule has 1 aromatic heterocycles. The van der Waals surface area contributed by atoms with E-state index in [0.29, 0.717) is 11.4 Å². The molecule has 2 rings (SSSR count). The van der Waals surface area contributed by atoms with Crippen molar-refractivity contribution in [1.82, 2.24) is 10.4 Å². The zero-order valence-electron chi connectivity index (χ0n) is 10.8. The zero-order chi connectivity index (χ0) is 13.8. The van der Waals surface area contributed by atoms with Crippen molar-refractivity contribution >= 4 is 22.9 Å². The van der Waals surface area contributed by atoms with Gasteiger partial charge >= 0.3 is 0 Å². The molecule has 2 aromatic rings. The highest BCUT2D eigenvalue weighted by atomic mass is 35.5. The van der Waals surface area contributed by atoms with Crippen LogP contribution in [0.4, 0.5) is 0 Å². The number of rotatable bonds is 5. The van der Waals surface area contributed by atoms with Crippen molar-refractivity contribution in [2.24, 2.45) is 5.84 Å². The van der Waals surface area contributed by atoms with E-state index in [4.69, 9.17) is 22.2 Å². The van der Waals surface area contributed by atoms with E-state index in [1.54, 1.807) is 24.5 Å². The molecule has 0 saturated heterocycles. The molecule has 1 heterocycles. The van der Waals surface area contributed by atoms with Crippen molar-refractivity contribution in [3.8, 4) is 5.75 Å². The third kappa shape index (κ3) is 3.45. The smallest absolute Gasteiger partial charge is 0.123 e. The minimum atomic E-state index is -0.0878. The van der Waals surface area contributed by atoms with Crippen LogP contribution in [0.15, 0.2) is 23.6 Å². The molecule has 102 valence electrons. The molecule has 0 radical (unpaired) electrons. The molecule has 0 fully saturated rings. The number of hydrogen-bond donors (Lipinski definition) is 2. The van der Waals surface area contributed by atoms with Gasteiger partial charge in [0.25, 0.3) is 0 Å². The molecule has 1 atom stereocenters. The van der Waals surface area contributed by atoms with Gasteiger partial charge in [-0.25, -0.2) is 4.98 Å². The van der Waals surface area contributed by atoms with Crippen LogP contribution in [0.5, 0.6) is 5.75 Å². The molecule has 6 heteroatoms. The molecule has 19 heavy (non-hydrogen) atoms. The highest BCUT2D eigenvalue weighted by molar-refractivity contribution is 7.09. The lowest BCUT2D eigenvalue weighted by Crippen LogP contribution is -2.30. The molecule has 0 aliphatic heterocycles. The molecular weight excluding hydrogens is 282 g/mol. The normalized spacial score (nSPS) is 12.4. The second-order valence-corrected chi connectivity index (χ2v) is 5.67. The summed E-state index contributed by atoms with van der Waals surface area (Å²) in [7, 11) is 1.63.